The van der Waals surface area contributed by atoms with Crippen LogP contribution in [0.25, 0.3) is 22.3 Å². The van der Waals surface area contributed by atoms with Crippen LogP contribution in [-0.2, 0) is 13.5 Å². The van der Waals surface area contributed by atoms with Crippen LogP contribution < -0.4 is 0 Å². The molecule has 0 fully saturated rings. The number of amides is 1. The zero-order chi connectivity index (χ0) is 24.0. The van der Waals surface area contributed by atoms with Crippen LogP contribution in [0.3, 0.4) is 0 Å². The molecule has 34 heavy (non-hydrogen) atoms. The molecule has 0 spiro atoms. The number of rotatable bonds is 4. The number of benzene rings is 1. The Bertz CT molecular complexity index is 1370. The number of nitrogens with zero attached hydrogens (tertiary/aromatic N) is 5. The topological polar surface area (TPSA) is 63.9 Å². The Morgan fingerprint density at radius 2 is 1.79 bits per heavy atom. The van der Waals surface area contributed by atoms with E-state index in [4.69, 9.17) is 5.10 Å². The van der Waals surface area contributed by atoms with Gasteiger partial charge in [-0.3, -0.25) is 9.48 Å². The summed E-state index contributed by atoms with van der Waals surface area (Å²) in [4.78, 5) is 24.4. The maximum atomic E-state index is 14.0. The van der Waals surface area contributed by atoms with Gasteiger partial charge in [-0.2, -0.15) is 5.10 Å². The van der Waals surface area contributed by atoms with Crippen molar-refractivity contribution in [2.24, 2.45) is 7.05 Å². The molecule has 6 nitrogen and oxygen atoms in total. The van der Waals surface area contributed by atoms with Crippen molar-refractivity contribution in [2.75, 3.05) is 0 Å². The van der Waals surface area contributed by atoms with Gasteiger partial charge < -0.3 is 4.90 Å². The summed E-state index contributed by atoms with van der Waals surface area (Å²) in [6.07, 6.45) is 5.21. The maximum Gasteiger partial charge on any atom is 0.255 e. The molecular weight excluding hydrogens is 436 g/mol. The second-order valence-electron chi connectivity index (χ2n) is 8.63. The summed E-state index contributed by atoms with van der Waals surface area (Å²) in [5.74, 6) is -1.35. The highest BCUT2D eigenvalue weighted by molar-refractivity contribution is 6.05. The Morgan fingerprint density at radius 3 is 2.50 bits per heavy atom. The Labute approximate surface area is 196 Å². The van der Waals surface area contributed by atoms with Crippen LogP contribution in [0.2, 0.25) is 0 Å². The van der Waals surface area contributed by atoms with Gasteiger partial charge in [-0.15, -0.1) is 0 Å². The second kappa shape index (κ2) is 8.59. The van der Waals surface area contributed by atoms with E-state index in [1.54, 1.807) is 36.3 Å². The number of halogens is 2. The van der Waals surface area contributed by atoms with Crippen molar-refractivity contribution in [3.05, 3.63) is 77.2 Å². The van der Waals surface area contributed by atoms with Crippen molar-refractivity contribution in [3.63, 3.8) is 0 Å². The number of pyridine rings is 2. The number of hydrogen-bond donors (Lipinski definition) is 0. The molecule has 0 bridgehead atoms. The molecule has 0 aliphatic carbocycles. The van der Waals surface area contributed by atoms with Crippen LogP contribution in [0.4, 0.5) is 8.78 Å². The van der Waals surface area contributed by atoms with Crippen molar-refractivity contribution in [2.45, 2.75) is 45.2 Å². The van der Waals surface area contributed by atoms with Gasteiger partial charge in [0, 0.05) is 48.1 Å². The lowest BCUT2D eigenvalue weighted by Crippen LogP contribution is -2.47. The van der Waals surface area contributed by atoms with Gasteiger partial charge in [-0.25, -0.2) is 18.7 Å². The molecule has 2 unspecified atom stereocenters. The van der Waals surface area contributed by atoms with Crippen molar-refractivity contribution < 1.29 is 13.6 Å². The van der Waals surface area contributed by atoms with Gasteiger partial charge in [0.05, 0.1) is 23.0 Å². The Balaban J connectivity index is 1.64. The molecule has 1 aromatic carbocycles. The van der Waals surface area contributed by atoms with E-state index in [1.807, 2.05) is 24.8 Å². The summed E-state index contributed by atoms with van der Waals surface area (Å²) in [7, 11) is 1.78. The predicted molar refractivity (Wildman–Crippen MR) is 125 cm³/mol. The largest absolute Gasteiger partial charge is 0.327 e. The molecular formula is C26H25F2N5O. The van der Waals surface area contributed by atoms with E-state index in [9.17, 15) is 13.6 Å². The van der Waals surface area contributed by atoms with Crippen molar-refractivity contribution in [1.82, 2.24) is 24.6 Å². The summed E-state index contributed by atoms with van der Waals surface area (Å²) in [5.41, 5.74) is 3.94. The van der Waals surface area contributed by atoms with Crippen LogP contribution in [0, 0.1) is 11.6 Å². The molecule has 0 saturated carbocycles. The van der Waals surface area contributed by atoms with Gasteiger partial charge in [0.15, 0.2) is 5.65 Å². The number of carbonyl (C=O) groups excluding carboxylic acids is 1. The number of carbonyl (C=O) groups is 1. The zero-order valence-electron chi connectivity index (χ0n) is 19.3. The van der Waals surface area contributed by atoms with Crippen LogP contribution in [0.15, 0.2) is 48.8 Å². The maximum absolute atomic E-state index is 14.0. The first-order valence-corrected chi connectivity index (χ1v) is 11.5. The molecule has 8 heteroatoms. The second-order valence-corrected chi connectivity index (χ2v) is 8.63. The third-order valence-electron chi connectivity index (χ3n) is 6.63. The van der Waals surface area contributed by atoms with Crippen LogP contribution in [0.5, 0.6) is 0 Å². The molecule has 2 atom stereocenters. The average Bonchev–Trinajstić information content (AvgIpc) is 3.16. The molecule has 174 valence electrons. The Hall–Kier alpha value is -3.68. The summed E-state index contributed by atoms with van der Waals surface area (Å²) in [5, 5.41) is 5.46. The van der Waals surface area contributed by atoms with E-state index in [0.29, 0.717) is 40.7 Å². The predicted octanol–water partition coefficient (Wildman–Crippen LogP) is 5.24. The lowest BCUT2D eigenvalue weighted by atomic mass is 9.87. The molecule has 4 heterocycles. The first-order valence-electron chi connectivity index (χ1n) is 11.5. The molecule has 0 N–H and O–H groups in total. The van der Waals surface area contributed by atoms with E-state index < -0.39 is 11.6 Å². The van der Waals surface area contributed by atoms with Crippen LogP contribution in [-0.4, -0.2) is 36.6 Å². The Kier molecular flexibility index (Phi) is 5.59. The normalized spacial score (nSPS) is 17.7. The van der Waals surface area contributed by atoms with Crippen LogP contribution in [0.1, 0.15) is 54.3 Å². The minimum atomic E-state index is -0.630. The number of aryl methyl sites for hydroxylation is 1. The Morgan fingerprint density at radius 1 is 1.06 bits per heavy atom. The lowest BCUT2D eigenvalue weighted by molar-refractivity contribution is 0.0515. The van der Waals surface area contributed by atoms with Gasteiger partial charge in [-0.1, -0.05) is 13.8 Å². The quantitative estimate of drug-likeness (QED) is 0.417. The molecule has 4 aromatic rings. The molecule has 1 amide bonds. The van der Waals surface area contributed by atoms with E-state index in [1.165, 1.54) is 12.1 Å². The third-order valence-corrected chi connectivity index (χ3v) is 6.63. The molecule has 0 saturated heterocycles. The number of aromatic nitrogens is 4. The fraction of sp³-hybridized carbons (Fsp3) is 0.308. The fourth-order valence-electron chi connectivity index (χ4n) is 5.18. The highest BCUT2D eigenvalue weighted by atomic mass is 19.1. The molecule has 0 radical (unpaired) electrons. The van der Waals surface area contributed by atoms with Gasteiger partial charge in [0.2, 0.25) is 0 Å². The summed E-state index contributed by atoms with van der Waals surface area (Å²) in [6, 6.07) is 8.56. The van der Waals surface area contributed by atoms with Gasteiger partial charge in [0.25, 0.3) is 5.91 Å². The van der Waals surface area contributed by atoms with Crippen LogP contribution >= 0.6 is 0 Å². The molecule has 5 rings (SSSR count). The van der Waals surface area contributed by atoms with E-state index in [2.05, 4.69) is 9.97 Å². The smallest absolute Gasteiger partial charge is 0.255 e. The standard InChI is InChI=1S/C26H25F2N5O/c1-4-18-14-21-23(31-32(3)24(21)15-11-16(27)13-17(28)12-15)22(5-2)33(18)26(34)20-8-10-30-25-19(20)7-6-9-29-25/h6-13,18,22H,4-5,14H2,1-3H3. The monoisotopic (exact) mass is 461 g/mol. The first kappa shape index (κ1) is 22.1. The van der Waals surface area contributed by atoms with Crippen molar-refractivity contribution in [1.29, 1.82) is 0 Å². The SMILES string of the molecule is CCC1Cc2c(nn(C)c2-c2cc(F)cc(F)c2)C(CC)N1C(=O)c1ccnc2ncccc12. The first-order chi connectivity index (χ1) is 16.4. The van der Waals surface area contributed by atoms with Gasteiger partial charge >= 0.3 is 0 Å². The van der Waals surface area contributed by atoms with Crippen molar-refractivity contribution in [3.8, 4) is 11.3 Å². The van der Waals surface area contributed by atoms with Gasteiger partial charge in [-0.05, 0) is 49.6 Å². The molecule has 1 aliphatic heterocycles. The molecule has 1 aliphatic rings. The highest BCUT2D eigenvalue weighted by Crippen LogP contribution is 2.41. The number of hydrogen-bond acceptors (Lipinski definition) is 4. The molecule has 3 aromatic heterocycles. The minimum absolute atomic E-state index is 0.0891. The third kappa shape index (κ3) is 3.54. The highest BCUT2D eigenvalue weighted by Gasteiger charge is 2.40. The fourth-order valence-corrected chi connectivity index (χ4v) is 5.18. The minimum Gasteiger partial charge on any atom is -0.327 e. The summed E-state index contributed by atoms with van der Waals surface area (Å²) in [6.45, 7) is 4.07. The zero-order valence-corrected chi connectivity index (χ0v) is 19.3. The lowest BCUT2D eigenvalue weighted by Gasteiger charge is -2.41. The van der Waals surface area contributed by atoms with E-state index >= 15 is 0 Å². The van der Waals surface area contributed by atoms with Crippen molar-refractivity contribution >= 4 is 16.9 Å². The number of fused-ring (bicyclic) bond motifs is 2. The van der Waals surface area contributed by atoms with E-state index in [-0.39, 0.29) is 18.0 Å². The summed E-state index contributed by atoms with van der Waals surface area (Å²) >= 11 is 0. The van der Waals surface area contributed by atoms with Gasteiger partial charge in [0.1, 0.15) is 11.6 Å². The summed E-state index contributed by atoms with van der Waals surface area (Å²) < 4.78 is 29.7. The average molecular weight is 462 g/mol. The van der Waals surface area contributed by atoms with E-state index in [0.717, 1.165) is 23.7 Å².